The SMILES string of the molecule is COc1cc2c(-n3ccnc3)c(-c3nnc(F)[nH]3)n(C)c2c(F)c1Cl. The average Bonchev–Trinajstić information content (AvgIpc) is 3.30. The Bertz CT molecular complexity index is 1090. The van der Waals surface area contributed by atoms with Gasteiger partial charge < -0.3 is 13.9 Å². The lowest BCUT2D eigenvalue weighted by Gasteiger charge is -2.07. The smallest absolute Gasteiger partial charge is 0.306 e. The number of hydrogen-bond donors (Lipinski definition) is 1. The summed E-state index contributed by atoms with van der Waals surface area (Å²) in [7, 11) is 3.03. The third kappa shape index (κ3) is 2.19. The van der Waals surface area contributed by atoms with Gasteiger partial charge in [0.05, 0.1) is 24.6 Å². The molecule has 0 amide bonds. The highest BCUT2D eigenvalue weighted by Gasteiger charge is 2.26. The maximum absolute atomic E-state index is 14.9. The van der Waals surface area contributed by atoms with E-state index in [0.717, 1.165) is 0 Å². The number of nitrogens with zero attached hydrogens (tertiary/aromatic N) is 5. The van der Waals surface area contributed by atoms with Gasteiger partial charge in [-0.15, -0.1) is 5.10 Å². The monoisotopic (exact) mass is 364 g/mol. The highest BCUT2D eigenvalue weighted by Crippen LogP contribution is 2.41. The Morgan fingerprint density at radius 2 is 2.08 bits per heavy atom. The zero-order valence-electron chi connectivity index (χ0n) is 13.1. The second kappa shape index (κ2) is 5.55. The van der Waals surface area contributed by atoms with E-state index in [9.17, 15) is 8.78 Å². The number of fused-ring (bicyclic) bond motifs is 1. The minimum absolute atomic E-state index is 0.136. The van der Waals surface area contributed by atoms with E-state index < -0.39 is 11.9 Å². The quantitative estimate of drug-likeness (QED) is 0.606. The molecule has 0 aliphatic rings. The van der Waals surface area contributed by atoms with Gasteiger partial charge in [-0.2, -0.15) is 4.39 Å². The van der Waals surface area contributed by atoms with Crippen molar-refractivity contribution in [3.63, 3.8) is 0 Å². The molecule has 1 N–H and O–H groups in total. The van der Waals surface area contributed by atoms with Crippen molar-refractivity contribution in [1.29, 1.82) is 0 Å². The summed E-state index contributed by atoms with van der Waals surface area (Å²) in [6, 6.07) is 1.62. The van der Waals surface area contributed by atoms with Crippen LogP contribution >= 0.6 is 11.6 Å². The molecule has 0 aliphatic carbocycles. The van der Waals surface area contributed by atoms with Crippen LogP contribution in [0.15, 0.2) is 24.8 Å². The van der Waals surface area contributed by atoms with Crippen LogP contribution in [0.4, 0.5) is 8.78 Å². The molecular formula is C15H11ClF2N6O. The van der Waals surface area contributed by atoms with E-state index in [4.69, 9.17) is 16.3 Å². The molecule has 0 bridgehead atoms. The third-order valence-corrected chi connectivity index (χ3v) is 4.32. The van der Waals surface area contributed by atoms with Crippen LogP contribution < -0.4 is 4.74 Å². The van der Waals surface area contributed by atoms with Crippen molar-refractivity contribution >= 4 is 22.5 Å². The molecular weight excluding hydrogens is 354 g/mol. The van der Waals surface area contributed by atoms with Crippen LogP contribution in [-0.4, -0.2) is 36.4 Å². The van der Waals surface area contributed by atoms with Crippen molar-refractivity contribution in [3.8, 4) is 23.0 Å². The number of ether oxygens (including phenoxy) is 1. The molecule has 0 saturated heterocycles. The van der Waals surface area contributed by atoms with E-state index in [1.807, 2.05) is 0 Å². The van der Waals surface area contributed by atoms with Crippen LogP contribution in [-0.2, 0) is 7.05 Å². The van der Waals surface area contributed by atoms with Gasteiger partial charge >= 0.3 is 6.08 Å². The summed E-state index contributed by atoms with van der Waals surface area (Å²) in [5.41, 5.74) is 1.19. The first-order valence-corrected chi connectivity index (χ1v) is 7.52. The molecule has 4 aromatic rings. The van der Waals surface area contributed by atoms with Gasteiger partial charge in [-0.25, -0.2) is 9.37 Å². The summed E-state index contributed by atoms with van der Waals surface area (Å²) in [4.78, 5) is 6.45. The number of rotatable bonds is 3. The number of imidazole rings is 1. The van der Waals surface area contributed by atoms with Gasteiger partial charge in [0.25, 0.3) is 0 Å². The van der Waals surface area contributed by atoms with Gasteiger partial charge in [-0.05, 0) is 6.07 Å². The first kappa shape index (κ1) is 15.6. The molecule has 1 aromatic carbocycles. The molecule has 0 saturated carbocycles. The van der Waals surface area contributed by atoms with Gasteiger partial charge in [-0.3, -0.25) is 4.98 Å². The molecule has 3 aromatic heterocycles. The number of H-pyrrole nitrogens is 1. The fraction of sp³-hybridized carbons (Fsp3) is 0.133. The van der Waals surface area contributed by atoms with Crippen molar-refractivity contribution < 1.29 is 13.5 Å². The van der Waals surface area contributed by atoms with Gasteiger partial charge in [-0.1, -0.05) is 16.7 Å². The topological polar surface area (TPSA) is 73.6 Å². The number of halogens is 3. The van der Waals surface area contributed by atoms with Crippen LogP contribution in [0.5, 0.6) is 5.75 Å². The lowest BCUT2D eigenvalue weighted by atomic mass is 10.2. The summed E-state index contributed by atoms with van der Waals surface area (Å²) in [5.74, 6) is -0.311. The summed E-state index contributed by atoms with van der Waals surface area (Å²) < 4.78 is 36.6. The van der Waals surface area contributed by atoms with E-state index in [1.165, 1.54) is 11.7 Å². The zero-order valence-corrected chi connectivity index (χ0v) is 13.8. The van der Waals surface area contributed by atoms with Gasteiger partial charge in [0, 0.05) is 24.8 Å². The fourth-order valence-electron chi connectivity index (χ4n) is 2.92. The van der Waals surface area contributed by atoms with E-state index in [0.29, 0.717) is 16.8 Å². The summed E-state index contributed by atoms with van der Waals surface area (Å²) in [5, 5.41) is 7.50. The van der Waals surface area contributed by atoms with Crippen LogP contribution in [0, 0.1) is 11.9 Å². The number of benzene rings is 1. The van der Waals surface area contributed by atoms with Crippen molar-refractivity contribution in [2.24, 2.45) is 7.05 Å². The first-order valence-electron chi connectivity index (χ1n) is 7.14. The number of aromatic nitrogens is 6. The van der Waals surface area contributed by atoms with Gasteiger partial charge in [0.15, 0.2) is 11.6 Å². The van der Waals surface area contributed by atoms with E-state index in [-0.39, 0.29) is 22.1 Å². The molecule has 7 nitrogen and oxygen atoms in total. The standard InChI is InChI=1S/C15H11ClF2N6O/c1-23-11-7(5-8(25-2)9(16)10(11)17)12(24-4-3-19-6-24)13(23)14-20-15(18)22-21-14/h3-6H,1-2H3,(H,20,21,22). The summed E-state index contributed by atoms with van der Waals surface area (Å²) in [6.45, 7) is 0. The predicted molar refractivity (Wildman–Crippen MR) is 86.9 cm³/mol. The van der Waals surface area contributed by atoms with Crippen LogP contribution in [0.2, 0.25) is 5.02 Å². The maximum Gasteiger partial charge on any atom is 0.306 e. The lowest BCUT2D eigenvalue weighted by Crippen LogP contribution is -1.98. The molecule has 0 spiro atoms. The number of methoxy groups -OCH3 is 1. The van der Waals surface area contributed by atoms with Gasteiger partial charge in [0.2, 0.25) is 0 Å². The minimum Gasteiger partial charge on any atom is -0.495 e. The zero-order chi connectivity index (χ0) is 17.7. The third-order valence-electron chi connectivity index (χ3n) is 3.96. The van der Waals surface area contributed by atoms with Crippen molar-refractivity contribution in [2.45, 2.75) is 0 Å². The predicted octanol–water partition coefficient (Wildman–Crippen LogP) is 3.09. The second-order valence-electron chi connectivity index (χ2n) is 5.29. The highest BCUT2D eigenvalue weighted by atomic mass is 35.5. The molecule has 128 valence electrons. The molecule has 4 rings (SSSR count). The molecule has 25 heavy (non-hydrogen) atoms. The van der Waals surface area contributed by atoms with E-state index in [1.54, 1.807) is 36.4 Å². The maximum atomic E-state index is 14.9. The van der Waals surface area contributed by atoms with Crippen LogP contribution in [0.25, 0.3) is 28.1 Å². The Morgan fingerprint density at radius 3 is 2.68 bits per heavy atom. The molecule has 10 heteroatoms. The minimum atomic E-state index is -0.840. The largest absolute Gasteiger partial charge is 0.495 e. The first-order chi connectivity index (χ1) is 12.0. The van der Waals surface area contributed by atoms with Crippen molar-refractivity contribution in [1.82, 2.24) is 29.3 Å². The van der Waals surface area contributed by atoms with Crippen LogP contribution in [0.1, 0.15) is 0 Å². The van der Waals surface area contributed by atoms with Crippen molar-refractivity contribution in [3.05, 3.63) is 41.7 Å². The van der Waals surface area contributed by atoms with Crippen molar-refractivity contribution in [2.75, 3.05) is 7.11 Å². The van der Waals surface area contributed by atoms with E-state index >= 15 is 0 Å². The highest BCUT2D eigenvalue weighted by molar-refractivity contribution is 6.33. The Morgan fingerprint density at radius 1 is 1.28 bits per heavy atom. The Balaban J connectivity index is 2.19. The molecule has 3 heterocycles. The van der Waals surface area contributed by atoms with Gasteiger partial charge in [0.1, 0.15) is 16.5 Å². The molecule has 0 atom stereocenters. The Hall–Kier alpha value is -2.94. The second-order valence-corrected chi connectivity index (χ2v) is 5.67. The molecule has 0 unspecified atom stereocenters. The Kier molecular flexibility index (Phi) is 3.46. The fourth-order valence-corrected chi connectivity index (χ4v) is 3.14. The number of nitrogens with one attached hydrogen (secondary N) is 1. The Labute approximate surface area is 144 Å². The molecule has 0 fully saturated rings. The lowest BCUT2D eigenvalue weighted by molar-refractivity contribution is 0.412. The average molecular weight is 365 g/mol. The number of aromatic amines is 1. The number of hydrogen-bond acceptors (Lipinski definition) is 4. The molecule has 0 aliphatic heterocycles. The normalized spacial score (nSPS) is 11.4. The summed E-state index contributed by atoms with van der Waals surface area (Å²) in [6.07, 6.45) is 3.97. The van der Waals surface area contributed by atoms with Crippen LogP contribution in [0.3, 0.4) is 0 Å². The number of aryl methyl sites for hydroxylation is 1. The molecule has 0 radical (unpaired) electrons. The van der Waals surface area contributed by atoms with E-state index in [2.05, 4.69) is 20.2 Å². The summed E-state index contributed by atoms with van der Waals surface area (Å²) >= 11 is 6.05.